The lowest BCUT2D eigenvalue weighted by molar-refractivity contribution is 0.297. The zero-order chi connectivity index (χ0) is 9.68. The molecule has 0 aromatic heterocycles. The van der Waals surface area contributed by atoms with Crippen molar-refractivity contribution in [2.45, 2.75) is 13.3 Å². The molecule has 1 aromatic carbocycles. The summed E-state index contributed by atoms with van der Waals surface area (Å²) in [6.07, 6.45) is 0.345. The molecule has 13 heavy (non-hydrogen) atoms. The van der Waals surface area contributed by atoms with Crippen molar-refractivity contribution in [2.24, 2.45) is 0 Å². The van der Waals surface area contributed by atoms with E-state index in [0.29, 0.717) is 24.3 Å². The molecule has 0 saturated carbocycles. The van der Waals surface area contributed by atoms with E-state index < -0.39 is 0 Å². The molecule has 0 spiro atoms. The third-order valence-electron chi connectivity index (χ3n) is 1.72. The maximum absolute atomic E-state index is 13.2. The molecule has 0 saturated heterocycles. The lowest BCUT2D eigenvalue weighted by Gasteiger charge is -2.05. The van der Waals surface area contributed by atoms with Crippen molar-refractivity contribution in [3.05, 3.63) is 29.6 Å². The van der Waals surface area contributed by atoms with Crippen LogP contribution >= 0.6 is 0 Å². The molecule has 0 radical (unpaired) electrons. The first-order chi connectivity index (χ1) is 6.27. The standard InChI is InChI=1S/C10H13FO2/c1-2-13-9-4-3-8(5-6-12)10(11)7-9/h3-4,7,12H,2,5-6H2,1H3. The average molecular weight is 184 g/mol. The quantitative estimate of drug-likeness (QED) is 0.772. The Bertz CT molecular complexity index is 274. The van der Waals surface area contributed by atoms with Crippen LogP contribution in [0.1, 0.15) is 12.5 Å². The zero-order valence-corrected chi connectivity index (χ0v) is 7.59. The SMILES string of the molecule is CCOc1ccc(CCO)c(F)c1. The zero-order valence-electron chi connectivity index (χ0n) is 7.59. The van der Waals surface area contributed by atoms with Gasteiger partial charge in [0.15, 0.2) is 0 Å². The van der Waals surface area contributed by atoms with Crippen LogP contribution in [0.3, 0.4) is 0 Å². The second-order valence-electron chi connectivity index (χ2n) is 2.66. The molecule has 0 unspecified atom stereocenters. The molecule has 0 amide bonds. The lowest BCUT2D eigenvalue weighted by Crippen LogP contribution is -1.97. The van der Waals surface area contributed by atoms with E-state index in [2.05, 4.69) is 0 Å². The second-order valence-corrected chi connectivity index (χ2v) is 2.66. The molecule has 0 aliphatic heterocycles. The molecule has 0 aliphatic carbocycles. The largest absolute Gasteiger partial charge is 0.494 e. The Hall–Kier alpha value is -1.09. The molecular formula is C10H13FO2. The first-order valence-electron chi connectivity index (χ1n) is 4.30. The van der Waals surface area contributed by atoms with Crippen molar-refractivity contribution in [3.8, 4) is 5.75 Å². The minimum Gasteiger partial charge on any atom is -0.494 e. The van der Waals surface area contributed by atoms with Crippen LogP contribution in [0.15, 0.2) is 18.2 Å². The van der Waals surface area contributed by atoms with Crippen LogP contribution in [0.5, 0.6) is 5.75 Å². The monoisotopic (exact) mass is 184 g/mol. The first kappa shape index (κ1) is 9.99. The summed E-state index contributed by atoms with van der Waals surface area (Å²) in [7, 11) is 0. The summed E-state index contributed by atoms with van der Waals surface area (Å²) >= 11 is 0. The van der Waals surface area contributed by atoms with Gasteiger partial charge in [0.2, 0.25) is 0 Å². The van der Waals surface area contributed by atoms with Gasteiger partial charge in [0.05, 0.1) is 6.61 Å². The molecule has 3 heteroatoms. The Balaban J connectivity index is 2.79. The molecule has 2 nitrogen and oxygen atoms in total. The van der Waals surface area contributed by atoms with Gasteiger partial charge in [-0.2, -0.15) is 0 Å². The number of halogens is 1. The number of hydrogen-bond donors (Lipinski definition) is 1. The lowest BCUT2D eigenvalue weighted by atomic mass is 10.1. The summed E-state index contributed by atoms with van der Waals surface area (Å²) in [5.74, 6) is 0.210. The third kappa shape index (κ3) is 2.70. The van der Waals surface area contributed by atoms with Crippen molar-refractivity contribution in [2.75, 3.05) is 13.2 Å². The molecule has 72 valence electrons. The summed E-state index contributed by atoms with van der Waals surface area (Å²) < 4.78 is 18.3. The van der Waals surface area contributed by atoms with Gasteiger partial charge in [-0.3, -0.25) is 0 Å². The van der Waals surface area contributed by atoms with Gasteiger partial charge in [0.1, 0.15) is 11.6 Å². The topological polar surface area (TPSA) is 29.5 Å². The van der Waals surface area contributed by atoms with Crippen molar-refractivity contribution in [3.63, 3.8) is 0 Å². The Labute approximate surface area is 77.0 Å². The molecule has 0 atom stereocenters. The van der Waals surface area contributed by atoms with E-state index >= 15 is 0 Å². The van der Waals surface area contributed by atoms with Gasteiger partial charge in [0, 0.05) is 12.7 Å². The second kappa shape index (κ2) is 4.82. The van der Waals surface area contributed by atoms with E-state index in [1.807, 2.05) is 6.92 Å². The van der Waals surface area contributed by atoms with Gasteiger partial charge in [-0.05, 0) is 25.0 Å². The predicted molar refractivity (Wildman–Crippen MR) is 48.4 cm³/mol. The Morgan fingerprint density at radius 1 is 1.46 bits per heavy atom. The third-order valence-corrected chi connectivity index (χ3v) is 1.72. The fraction of sp³-hybridized carbons (Fsp3) is 0.400. The summed E-state index contributed by atoms with van der Waals surface area (Å²) in [5.41, 5.74) is 0.519. The molecule has 1 aromatic rings. The number of benzene rings is 1. The van der Waals surface area contributed by atoms with E-state index in [-0.39, 0.29) is 12.4 Å². The normalized spacial score (nSPS) is 10.1. The molecular weight excluding hydrogens is 171 g/mol. The van der Waals surface area contributed by atoms with Gasteiger partial charge in [-0.1, -0.05) is 6.07 Å². The molecule has 0 bridgehead atoms. The highest BCUT2D eigenvalue weighted by Gasteiger charge is 2.02. The van der Waals surface area contributed by atoms with Crippen LogP contribution in [0.25, 0.3) is 0 Å². The Kier molecular flexibility index (Phi) is 3.71. The number of rotatable bonds is 4. The van der Waals surface area contributed by atoms with Crippen LogP contribution in [-0.4, -0.2) is 18.3 Å². The number of aliphatic hydroxyl groups excluding tert-OH is 1. The predicted octanol–water partition coefficient (Wildman–Crippen LogP) is 1.76. The highest BCUT2D eigenvalue weighted by molar-refractivity contribution is 5.29. The smallest absolute Gasteiger partial charge is 0.130 e. The Morgan fingerprint density at radius 2 is 2.23 bits per heavy atom. The van der Waals surface area contributed by atoms with E-state index in [4.69, 9.17) is 9.84 Å². The summed E-state index contributed by atoms with van der Waals surface area (Å²) in [6, 6.07) is 4.68. The number of ether oxygens (including phenoxy) is 1. The van der Waals surface area contributed by atoms with Crippen molar-refractivity contribution < 1.29 is 14.2 Å². The fourth-order valence-electron chi connectivity index (χ4n) is 1.11. The van der Waals surface area contributed by atoms with Crippen LogP contribution in [0.2, 0.25) is 0 Å². The van der Waals surface area contributed by atoms with E-state index in [1.165, 1.54) is 6.07 Å². The fourth-order valence-corrected chi connectivity index (χ4v) is 1.11. The maximum Gasteiger partial charge on any atom is 0.130 e. The van der Waals surface area contributed by atoms with Gasteiger partial charge < -0.3 is 9.84 Å². The van der Waals surface area contributed by atoms with Gasteiger partial charge >= 0.3 is 0 Å². The molecule has 0 heterocycles. The summed E-state index contributed by atoms with van der Waals surface area (Å²) in [4.78, 5) is 0. The minimum atomic E-state index is -0.319. The molecule has 1 N–H and O–H groups in total. The van der Waals surface area contributed by atoms with E-state index in [9.17, 15) is 4.39 Å². The van der Waals surface area contributed by atoms with Crippen LogP contribution in [-0.2, 0) is 6.42 Å². The van der Waals surface area contributed by atoms with Crippen molar-refractivity contribution in [1.82, 2.24) is 0 Å². The highest BCUT2D eigenvalue weighted by Crippen LogP contribution is 2.16. The minimum absolute atomic E-state index is 0.0368. The van der Waals surface area contributed by atoms with Crippen molar-refractivity contribution >= 4 is 0 Å². The summed E-state index contributed by atoms with van der Waals surface area (Å²) in [5, 5.41) is 8.62. The number of aliphatic hydroxyl groups is 1. The van der Waals surface area contributed by atoms with E-state index in [0.717, 1.165) is 0 Å². The van der Waals surface area contributed by atoms with Crippen molar-refractivity contribution in [1.29, 1.82) is 0 Å². The first-order valence-corrected chi connectivity index (χ1v) is 4.30. The van der Waals surface area contributed by atoms with Crippen LogP contribution in [0, 0.1) is 5.82 Å². The van der Waals surface area contributed by atoms with Gasteiger partial charge in [-0.15, -0.1) is 0 Å². The van der Waals surface area contributed by atoms with Gasteiger partial charge in [-0.25, -0.2) is 4.39 Å². The average Bonchev–Trinajstić information content (AvgIpc) is 2.10. The van der Waals surface area contributed by atoms with E-state index in [1.54, 1.807) is 12.1 Å². The molecule has 0 aliphatic rings. The maximum atomic E-state index is 13.2. The van der Waals surface area contributed by atoms with Crippen LogP contribution in [0.4, 0.5) is 4.39 Å². The Morgan fingerprint density at radius 3 is 2.77 bits per heavy atom. The number of hydrogen-bond acceptors (Lipinski definition) is 2. The summed E-state index contributed by atoms with van der Waals surface area (Å²) in [6.45, 7) is 2.34. The van der Waals surface area contributed by atoms with Gasteiger partial charge in [0.25, 0.3) is 0 Å². The highest BCUT2D eigenvalue weighted by atomic mass is 19.1. The molecule has 1 rings (SSSR count). The molecule has 0 fully saturated rings. The van der Waals surface area contributed by atoms with Crippen LogP contribution < -0.4 is 4.74 Å².